The zero-order chi connectivity index (χ0) is 21.7. The molecule has 1 atom stereocenters. The SMILES string of the molecule is CCCc1cc(C(=O)N2CCOC3(CCN(CC4C=C(CCO)C=CC4)CC3)C2)cs1. The van der Waals surface area contributed by atoms with E-state index in [1.807, 2.05) is 10.3 Å². The molecule has 1 spiro atoms. The van der Waals surface area contributed by atoms with Crippen molar-refractivity contribution >= 4 is 17.2 Å². The summed E-state index contributed by atoms with van der Waals surface area (Å²) < 4.78 is 6.28. The minimum absolute atomic E-state index is 0.166. The number of hydrogen-bond donors (Lipinski definition) is 1. The van der Waals surface area contributed by atoms with Gasteiger partial charge in [-0.1, -0.05) is 31.6 Å². The summed E-state index contributed by atoms with van der Waals surface area (Å²) in [6.07, 6.45) is 12.7. The Kier molecular flexibility index (Phi) is 7.64. The number of hydrogen-bond acceptors (Lipinski definition) is 5. The van der Waals surface area contributed by atoms with Crippen LogP contribution in [-0.2, 0) is 11.2 Å². The first kappa shape index (κ1) is 22.7. The zero-order valence-corrected chi connectivity index (χ0v) is 19.5. The molecule has 1 aromatic rings. The second-order valence-electron chi connectivity index (χ2n) is 9.22. The average molecular weight is 445 g/mol. The highest BCUT2D eigenvalue weighted by molar-refractivity contribution is 7.10. The maximum Gasteiger partial charge on any atom is 0.254 e. The number of piperidine rings is 1. The van der Waals surface area contributed by atoms with E-state index in [1.54, 1.807) is 11.3 Å². The Hall–Kier alpha value is -1.47. The van der Waals surface area contributed by atoms with Crippen molar-refractivity contribution in [3.63, 3.8) is 0 Å². The first-order chi connectivity index (χ1) is 15.1. The van der Waals surface area contributed by atoms with Crippen molar-refractivity contribution in [1.82, 2.24) is 9.80 Å². The van der Waals surface area contributed by atoms with Crippen molar-refractivity contribution in [1.29, 1.82) is 0 Å². The molecule has 2 aliphatic heterocycles. The van der Waals surface area contributed by atoms with Crippen LogP contribution < -0.4 is 0 Å². The fourth-order valence-corrected chi connectivity index (χ4v) is 6.06. The van der Waals surface area contributed by atoms with Crippen LogP contribution in [0.1, 0.15) is 54.3 Å². The number of carbonyl (C=O) groups excluding carboxylic acids is 1. The van der Waals surface area contributed by atoms with Crippen molar-refractivity contribution in [3.8, 4) is 0 Å². The van der Waals surface area contributed by atoms with Crippen LogP contribution in [0, 0.1) is 5.92 Å². The number of thiophene rings is 1. The quantitative estimate of drug-likeness (QED) is 0.693. The maximum atomic E-state index is 13.1. The average Bonchev–Trinajstić information content (AvgIpc) is 3.25. The monoisotopic (exact) mass is 444 g/mol. The van der Waals surface area contributed by atoms with Gasteiger partial charge in [0.15, 0.2) is 0 Å². The van der Waals surface area contributed by atoms with Crippen molar-refractivity contribution in [2.24, 2.45) is 5.92 Å². The van der Waals surface area contributed by atoms with Crippen LogP contribution in [0.4, 0.5) is 0 Å². The Bertz CT molecular complexity index is 807. The number of aliphatic hydroxyl groups excluding tert-OH is 1. The van der Waals surface area contributed by atoms with Gasteiger partial charge in [0.05, 0.1) is 24.3 Å². The molecule has 1 aliphatic carbocycles. The number of rotatable bonds is 7. The van der Waals surface area contributed by atoms with E-state index < -0.39 is 0 Å². The number of amides is 1. The van der Waals surface area contributed by atoms with Crippen LogP contribution in [0.15, 0.2) is 35.2 Å². The molecular weight excluding hydrogens is 408 g/mol. The largest absolute Gasteiger partial charge is 0.396 e. The predicted molar refractivity (Wildman–Crippen MR) is 126 cm³/mol. The standard InChI is InChI=1S/C25H36N2O3S/c1-2-4-23-16-22(18-31-23)24(29)27-12-14-30-25(19-27)8-10-26(11-9-25)17-21-6-3-5-20(15-21)7-13-28/h3,5,15-16,18,21,28H,2,4,6-14,17,19H2,1H3. The fraction of sp³-hybridized carbons (Fsp3) is 0.640. The number of ether oxygens (including phenoxy) is 1. The van der Waals surface area contributed by atoms with Gasteiger partial charge in [0.1, 0.15) is 0 Å². The first-order valence-electron chi connectivity index (χ1n) is 11.8. The third-order valence-corrected chi connectivity index (χ3v) is 7.81. The van der Waals surface area contributed by atoms with E-state index in [2.05, 4.69) is 36.1 Å². The first-order valence-corrected chi connectivity index (χ1v) is 12.7. The summed E-state index contributed by atoms with van der Waals surface area (Å²) in [4.78, 5) is 19.0. The number of allylic oxidation sites excluding steroid dienone is 2. The molecule has 1 aromatic heterocycles. The Labute approximate surface area is 190 Å². The molecule has 5 nitrogen and oxygen atoms in total. The molecule has 2 saturated heterocycles. The van der Waals surface area contributed by atoms with E-state index >= 15 is 0 Å². The van der Waals surface area contributed by atoms with E-state index in [0.29, 0.717) is 25.6 Å². The third kappa shape index (κ3) is 5.67. The number of likely N-dealkylation sites (tertiary alicyclic amines) is 1. The second kappa shape index (κ2) is 10.4. The number of carbonyl (C=O) groups is 1. The van der Waals surface area contributed by atoms with Crippen LogP contribution in [0.5, 0.6) is 0 Å². The Morgan fingerprint density at radius 1 is 1.29 bits per heavy atom. The topological polar surface area (TPSA) is 53.0 Å². The lowest BCUT2D eigenvalue weighted by Gasteiger charge is -2.47. The lowest BCUT2D eigenvalue weighted by Crippen LogP contribution is -2.58. The number of aryl methyl sites for hydroxylation is 1. The summed E-state index contributed by atoms with van der Waals surface area (Å²) in [5.74, 6) is 0.695. The molecule has 170 valence electrons. The van der Waals surface area contributed by atoms with Crippen LogP contribution in [0.3, 0.4) is 0 Å². The molecule has 1 N–H and O–H groups in total. The number of aliphatic hydroxyl groups is 1. The second-order valence-corrected chi connectivity index (χ2v) is 10.2. The highest BCUT2D eigenvalue weighted by Gasteiger charge is 2.41. The van der Waals surface area contributed by atoms with E-state index in [-0.39, 0.29) is 18.1 Å². The number of morpholine rings is 1. The van der Waals surface area contributed by atoms with Crippen LogP contribution >= 0.6 is 11.3 Å². The smallest absolute Gasteiger partial charge is 0.254 e. The Morgan fingerprint density at radius 2 is 2.13 bits per heavy atom. The molecule has 1 unspecified atom stereocenters. The lowest BCUT2D eigenvalue weighted by molar-refractivity contribution is -0.127. The maximum absolute atomic E-state index is 13.1. The highest BCUT2D eigenvalue weighted by Crippen LogP contribution is 2.32. The fourth-order valence-electron chi connectivity index (χ4n) is 5.09. The predicted octanol–water partition coefficient (Wildman–Crippen LogP) is 3.89. The molecule has 4 rings (SSSR count). The van der Waals surface area contributed by atoms with Gasteiger partial charge < -0.3 is 19.6 Å². The van der Waals surface area contributed by atoms with Gasteiger partial charge in [0.2, 0.25) is 0 Å². The van der Waals surface area contributed by atoms with E-state index in [9.17, 15) is 9.90 Å². The van der Waals surface area contributed by atoms with Gasteiger partial charge in [-0.25, -0.2) is 0 Å². The summed E-state index contributed by atoms with van der Waals surface area (Å²) in [7, 11) is 0. The molecule has 0 bridgehead atoms. The van der Waals surface area contributed by atoms with Crippen LogP contribution in [0.2, 0.25) is 0 Å². The van der Waals surface area contributed by atoms with Gasteiger partial charge in [-0.05, 0) is 49.7 Å². The zero-order valence-electron chi connectivity index (χ0n) is 18.7. The minimum atomic E-state index is -0.183. The summed E-state index contributed by atoms with van der Waals surface area (Å²) in [6, 6.07) is 2.08. The third-order valence-electron chi connectivity index (χ3n) is 6.81. The van der Waals surface area contributed by atoms with Crippen molar-refractivity contribution < 1.29 is 14.6 Å². The van der Waals surface area contributed by atoms with Crippen molar-refractivity contribution in [2.75, 3.05) is 45.9 Å². The summed E-state index contributed by atoms with van der Waals surface area (Å²) in [6.45, 7) is 7.53. The van der Waals surface area contributed by atoms with E-state index in [1.165, 1.54) is 10.5 Å². The van der Waals surface area contributed by atoms with Crippen molar-refractivity contribution in [2.45, 2.75) is 51.0 Å². The van der Waals surface area contributed by atoms with Gasteiger partial charge in [0, 0.05) is 43.0 Å². The summed E-state index contributed by atoms with van der Waals surface area (Å²) in [5.41, 5.74) is 1.92. The summed E-state index contributed by atoms with van der Waals surface area (Å²) in [5, 5.41) is 11.2. The summed E-state index contributed by atoms with van der Waals surface area (Å²) >= 11 is 1.70. The molecule has 1 amide bonds. The van der Waals surface area contributed by atoms with E-state index in [4.69, 9.17) is 4.74 Å². The molecule has 6 heteroatoms. The number of nitrogens with zero attached hydrogens (tertiary/aromatic N) is 2. The Balaban J connectivity index is 1.30. The normalized spacial score (nSPS) is 23.9. The van der Waals surface area contributed by atoms with Gasteiger partial charge in [0.25, 0.3) is 5.91 Å². The molecular formula is C25H36N2O3S. The molecule has 0 radical (unpaired) electrons. The molecule has 0 saturated carbocycles. The van der Waals surface area contributed by atoms with Crippen LogP contribution in [-0.4, -0.2) is 72.4 Å². The molecule has 3 heterocycles. The molecule has 31 heavy (non-hydrogen) atoms. The van der Waals surface area contributed by atoms with Gasteiger partial charge in [-0.3, -0.25) is 4.79 Å². The van der Waals surface area contributed by atoms with E-state index in [0.717, 1.165) is 63.7 Å². The minimum Gasteiger partial charge on any atom is -0.396 e. The molecule has 0 aromatic carbocycles. The molecule has 3 aliphatic rings. The van der Waals surface area contributed by atoms with Crippen molar-refractivity contribution in [3.05, 3.63) is 45.7 Å². The lowest BCUT2D eigenvalue weighted by atomic mass is 9.87. The van der Waals surface area contributed by atoms with Crippen LogP contribution in [0.25, 0.3) is 0 Å². The van der Waals surface area contributed by atoms with Gasteiger partial charge >= 0.3 is 0 Å². The molecule has 2 fully saturated rings. The van der Waals surface area contributed by atoms with Gasteiger partial charge in [-0.2, -0.15) is 0 Å². The highest BCUT2D eigenvalue weighted by atomic mass is 32.1. The van der Waals surface area contributed by atoms with Gasteiger partial charge in [-0.15, -0.1) is 11.3 Å². The Morgan fingerprint density at radius 3 is 2.90 bits per heavy atom.